The highest BCUT2D eigenvalue weighted by Gasteiger charge is 2.24. The predicted molar refractivity (Wildman–Crippen MR) is 87.5 cm³/mol. The van der Waals surface area contributed by atoms with E-state index in [0.717, 1.165) is 18.0 Å². The first kappa shape index (κ1) is 15.0. The molecular weight excluding hydrogens is 298 g/mol. The lowest BCUT2D eigenvalue weighted by molar-refractivity contribution is 0.0932. The summed E-state index contributed by atoms with van der Waals surface area (Å²) in [6.45, 7) is 1.25. The molecule has 1 aliphatic rings. The van der Waals surface area contributed by atoms with Gasteiger partial charge in [0.25, 0.3) is 5.91 Å². The molecule has 0 saturated heterocycles. The van der Waals surface area contributed by atoms with Crippen LogP contribution in [0.5, 0.6) is 0 Å². The Hall–Kier alpha value is -1.92. The lowest BCUT2D eigenvalue weighted by Gasteiger charge is -2.33. The second-order valence-electron chi connectivity index (χ2n) is 5.44. The van der Waals surface area contributed by atoms with Crippen molar-refractivity contribution in [1.29, 1.82) is 0 Å². The van der Waals surface area contributed by atoms with Crippen LogP contribution in [0.1, 0.15) is 21.1 Å². The van der Waals surface area contributed by atoms with Gasteiger partial charge in [-0.25, -0.2) is 4.98 Å². The number of benzene rings is 1. The molecule has 3 rings (SSSR count). The predicted octanol–water partition coefficient (Wildman–Crippen LogP) is 2.08. The van der Waals surface area contributed by atoms with E-state index in [2.05, 4.69) is 34.4 Å². The van der Waals surface area contributed by atoms with Gasteiger partial charge < -0.3 is 15.0 Å². The summed E-state index contributed by atoms with van der Waals surface area (Å²) in [5.41, 5.74) is 2.97. The summed E-state index contributed by atoms with van der Waals surface area (Å²) >= 11 is 1.45. The number of anilines is 1. The van der Waals surface area contributed by atoms with Gasteiger partial charge in [-0.1, -0.05) is 18.2 Å². The molecule has 1 amide bonds. The van der Waals surface area contributed by atoms with E-state index in [1.165, 1.54) is 22.6 Å². The molecule has 5 nitrogen and oxygen atoms in total. The van der Waals surface area contributed by atoms with Gasteiger partial charge in [0.15, 0.2) is 0 Å². The number of carbonyl (C=O) groups excluding carboxylic acids is 1. The maximum absolute atomic E-state index is 12.3. The zero-order valence-corrected chi connectivity index (χ0v) is 13.5. The van der Waals surface area contributed by atoms with Gasteiger partial charge in [0.2, 0.25) is 0 Å². The van der Waals surface area contributed by atoms with Crippen molar-refractivity contribution in [3.63, 3.8) is 0 Å². The van der Waals surface area contributed by atoms with Crippen LogP contribution >= 0.6 is 11.3 Å². The molecule has 22 heavy (non-hydrogen) atoms. The second kappa shape index (κ2) is 6.46. The number of amides is 1. The zero-order chi connectivity index (χ0) is 15.5. The Morgan fingerprint density at radius 2 is 2.32 bits per heavy atom. The first-order chi connectivity index (χ1) is 10.7. The minimum Gasteiger partial charge on any atom is -0.378 e. The molecule has 1 atom stereocenters. The van der Waals surface area contributed by atoms with Gasteiger partial charge >= 0.3 is 0 Å². The third-order valence-corrected chi connectivity index (χ3v) is 4.57. The van der Waals surface area contributed by atoms with Crippen molar-refractivity contribution in [1.82, 2.24) is 10.3 Å². The Kier molecular flexibility index (Phi) is 4.40. The zero-order valence-electron chi connectivity index (χ0n) is 12.7. The maximum Gasteiger partial charge on any atom is 0.271 e. The SMILES string of the molecule is COCc1nc(C(=O)NC2Cc3ccccc3N(C)C2)cs1. The van der Waals surface area contributed by atoms with E-state index in [4.69, 9.17) is 4.74 Å². The van der Waals surface area contributed by atoms with Crippen LogP contribution in [0.15, 0.2) is 29.6 Å². The fourth-order valence-corrected chi connectivity index (χ4v) is 3.52. The molecule has 0 fully saturated rings. The van der Waals surface area contributed by atoms with Crippen LogP contribution in [-0.4, -0.2) is 37.6 Å². The quantitative estimate of drug-likeness (QED) is 0.938. The second-order valence-corrected chi connectivity index (χ2v) is 6.39. The molecule has 1 aromatic heterocycles. The van der Waals surface area contributed by atoms with Crippen LogP contribution in [0.2, 0.25) is 0 Å². The summed E-state index contributed by atoms with van der Waals surface area (Å²) in [4.78, 5) is 18.8. The third-order valence-electron chi connectivity index (χ3n) is 3.75. The highest BCUT2D eigenvalue weighted by atomic mass is 32.1. The monoisotopic (exact) mass is 317 g/mol. The molecule has 0 bridgehead atoms. The van der Waals surface area contributed by atoms with E-state index in [1.807, 2.05) is 12.1 Å². The average Bonchev–Trinajstić information content (AvgIpc) is 2.96. The van der Waals surface area contributed by atoms with Crippen LogP contribution in [0.3, 0.4) is 0 Å². The number of likely N-dealkylation sites (N-methyl/N-ethyl adjacent to an activating group) is 1. The topological polar surface area (TPSA) is 54.5 Å². The van der Waals surface area contributed by atoms with E-state index < -0.39 is 0 Å². The largest absolute Gasteiger partial charge is 0.378 e. The molecule has 1 aliphatic heterocycles. The number of methoxy groups -OCH3 is 1. The van der Waals surface area contributed by atoms with Crippen molar-refractivity contribution < 1.29 is 9.53 Å². The van der Waals surface area contributed by atoms with Gasteiger partial charge in [0.1, 0.15) is 10.7 Å². The lowest BCUT2D eigenvalue weighted by atomic mass is 9.98. The van der Waals surface area contributed by atoms with Gasteiger partial charge in [0.05, 0.1) is 12.6 Å². The minimum atomic E-state index is -0.114. The number of rotatable bonds is 4. The van der Waals surface area contributed by atoms with Gasteiger partial charge in [-0.3, -0.25) is 4.79 Å². The van der Waals surface area contributed by atoms with Gasteiger partial charge in [-0.2, -0.15) is 0 Å². The van der Waals surface area contributed by atoms with Crippen LogP contribution < -0.4 is 10.2 Å². The Balaban J connectivity index is 1.67. The molecule has 1 aromatic carbocycles. The summed E-state index contributed by atoms with van der Waals surface area (Å²) in [6, 6.07) is 8.41. The summed E-state index contributed by atoms with van der Waals surface area (Å²) in [5.74, 6) is -0.114. The van der Waals surface area contributed by atoms with Gasteiger partial charge in [0, 0.05) is 31.8 Å². The van der Waals surface area contributed by atoms with E-state index in [-0.39, 0.29) is 11.9 Å². The highest BCUT2D eigenvalue weighted by Crippen LogP contribution is 2.25. The number of aromatic nitrogens is 1. The number of para-hydroxylation sites is 1. The molecule has 116 valence electrons. The van der Waals surface area contributed by atoms with Crippen LogP contribution in [-0.2, 0) is 17.8 Å². The molecule has 2 heterocycles. The molecule has 0 spiro atoms. The van der Waals surface area contributed by atoms with E-state index in [9.17, 15) is 4.79 Å². The number of ether oxygens (including phenoxy) is 1. The van der Waals surface area contributed by atoms with Gasteiger partial charge in [-0.15, -0.1) is 11.3 Å². The fraction of sp³-hybridized carbons (Fsp3) is 0.375. The fourth-order valence-electron chi connectivity index (χ4n) is 2.78. The van der Waals surface area contributed by atoms with Crippen molar-refractivity contribution in [3.05, 3.63) is 45.9 Å². The molecular formula is C16H19N3O2S. The molecule has 1 unspecified atom stereocenters. The van der Waals surface area contributed by atoms with Crippen molar-refractivity contribution in [2.24, 2.45) is 0 Å². The first-order valence-electron chi connectivity index (χ1n) is 7.20. The number of hydrogen-bond acceptors (Lipinski definition) is 5. The maximum atomic E-state index is 12.3. The molecule has 1 N–H and O–H groups in total. The normalized spacial score (nSPS) is 17.2. The lowest BCUT2D eigenvalue weighted by Crippen LogP contribution is -2.47. The molecule has 0 aliphatic carbocycles. The highest BCUT2D eigenvalue weighted by molar-refractivity contribution is 7.09. The minimum absolute atomic E-state index is 0.0972. The summed E-state index contributed by atoms with van der Waals surface area (Å²) in [7, 11) is 3.67. The van der Waals surface area contributed by atoms with Crippen LogP contribution in [0.4, 0.5) is 5.69 Å². The first-order valence-corrected chi connectivity index (χ1v) is 8.08. The Labute approximate surface area is 133 Å². The molecule has 2 aromatic rings. The average molecular weight is 317 g/mol. The standard InChI is InChI=1S/C16H19N3O2S/c1-19-8-12(7-11-5-3-4-6-14(11)19)17-16(20)13-10-22-15(18-13)9-21-2/h3-6,10,12H,7-9H2,1-2H3,(H,17,20). The Morgan fingerprint density at radius 3 is 3.14 bits per heavy atom. The number of nitrogens with one attached hydrogen (secondary N) is 1. The van der Waals surface area contributed by atoms with Crippen LogP contribution in [0.25, 0.3) is 0 Å². The number of hydrogen-bond donors (Lipinski definition) is 1. The van der Waals surface area contributed by atoms with E-state index in [0.29, 0.717) is 12.3 Å². The smallest absolute Gasteiger partial charge is 0.271 e. The van der Waals surface area contributed by atoms with Gasteiger partial charge in [-0.05, 0) is 18.1 Å². The molecule has 0 saturated carbocycles. The van der Waals surface area contributed by atoms with Crippen molar-refractivity contribution in [3.8, 4) is 0 Å². The number of carbonyl (C=O) groups is 1. The Morgan fingerprint density at radius 1 is 1.50 bits per heavy atom. The number of thiazole rings is 1. The summed E-state index contributed by atoms with van der Waals surface area (Å²) in [6.07, 6.45) is 0.849. The molecule has 6 heteroatoms. The number of fused-ring (bicyclic) bond motifs is 1. The van der Waals surface area contributed by atoms with Crippen LogP contribution in [0, 0.1) is 0 Å². The Bertz CT molecular complexity index is 671. The van der Waals surface area contributed by atoms with Crippen molar-refractivity contribution in [2.45, 2.75) is 19.1 Å². The third kappa shape index (κ3) is 3.13. The van der Waals surface area contributed by atoms with E-state index in [1.54, 1.807) is 12.5 Å². The van der Waals surface area contributed by atoms with Crippen molar-refractivity contribution in [2.75, 3.05) is 25.6 Å². The number of nitrogens with zero attached hydrogens (tertiary/aromatic N) is 2. The van der Waals surface area contributed by atoms with E-state index >= 15 is 0 Å². The van der Waals surface area contributed by atoms with Crippen molar-refractivity contribution >= 4 is 22.9 Å². The summed E-state index contributed by atoms with van der Waals surface area (Å²) < 4.78 is 5.03. The summed E-state index contributed by atoms with van der Waals surface area (Å²) in [5, 5.41) is 5.68. The molecule has 0 radical (unpaired) electrons.